The van der Waals surface area contributed by atoms with Gasteiger partial charge in [-0.15, -0.1) is 0 Å². The lowest BCUT2D eigenvalue weighted by atomic mass is 9.78. The molecule has 8 nitrogen and oxygen atoms in total. The van der Waals surface area contributed by atoms with Crippen molar-refractivity contribution in [3.8, 4) is 0 Å². The Bertz CT molecular complexity index is 839. The lowest BCUT2D eigenvalue weighted by Gasteiger charge is -2.31. The molecule has 0 heterocycles. The highest BCUT2D eigenvalue weighted by atomic mass is 32.2. The lowest BCUT2D eigenvalue weighted by molar-refractivity contribution is -0.192. The smallest absolute Gasteiger partial charge is 0.408 e. The number of rotatable bonds is 9. The lowest BCUT2D eigenvalue weighted by Crippen LogP contribution is -2.46. The second kappa shape index (κ2) is 12.4. The quantitative estimate of drug-likeness (QED) is 0.327. The van der Waals surface area contributed by atoms with Gasteiger partial charge in [0.2, 0.25) is 0 Å². The van der Waals surface area contributed by atoms with E-state index in [0.717, 1.165) is 12.6 Å². The molecule has 1 amide bonds. The highest BCUT2D eigenvalue weighted by molar-refractivity contribution is 7.90. The van der Waals surface area contributed by atoms with E-state index in [-0.39, 0.29) is 6.42 Å². The number of hydrogen-bond acceptors (Lipinski definition) is 6. The molecule has 35 heavy (non-hydrogen) atoms. The Kier molecular flexibility index (Phi) is 11.1. The van der Waals surface area contributed by atoms with Gasteiger partial charge in [-0.25, -0.2) is 18.0 Å². The van der Waals surface area contributed by atoms with E-state index in [2.05, 4.69) is 9.71 Å². The zero-order valence-electron chi connectivity index (χ0n) is 21.4. The average Bonchev–Trinajstić information content (AvgIpc) is 2.64. The number of nitrogens with one attached hydrogen (secondary N) is 1. The van der Waals surface area contributed by atoms with Crippen LogP contribution in [0.4, 0.5) is 18.0 Å². The van der Waals surface area contributed by atoms with Gasteiger partial charge in [-0.05, 0) is 66.7 Å². The van der Waals surface area contributed by atoms with Crippen molar-refractivity contribution in [1.82, 2.24) is 5.32 Å². The Balaban J connectivity index is 2.86. The number of sulfonamides is 1. The molecular formula is C23H39F3N2O6S. The van der Waals surface area contributed by atoms with Crippen LogP contribution in [0.3, 0.4) is 0 Å². The molecular weight excluding hydrogens is 489 g/mol. The number of nitrogens with zero attached hydrogens (tertiary/aromatic N) is 1. The molecule has 1 rings (SSSR count). The van der Waals surface area contributed by atoms with Crippen molar-refractivity contribution in [1.29, 1.82) is 0 Å². The number of hydrogen-bond donors (Lipinski definition) is 1. The third kappa shape index (κ3) is 13.1. The van der Waals surface area contributed by atoms with Crippen LogP contribution in [0.25, 0.3) is 0 Å². The zero-order valence-corrected chi connectivity index (χ0v) is 22.2. The van der Waals surface area contributed by atoms with Gasteiger partial charge in [0.25, 0.3) is 10.0 Å². The summed E-state index contributed by atoms with van der Waals surface area (Å²) in [6.07, 6.45) is -2.26. The maximum atomic E-state index is 13.6. The van der Waals surface area contributed by atoms with Crippen molar-refractivity contribution in [2.24, 2.45) is 16.2 Å². The van der Waals surface area contributed by atoms with E-state index >= 15 is 0 Å². The summed E-state index contributed by atoms with van der Waals surface area (Å²) in [4.78, 5) is 24.6. The van der Waals surface area contributed by atoms with Gasteiger partial charge in [0.05, 0.1) is 11.7 Å². The number of carbonyl (C=O) groups is 2. The number of esters is 1. The molecule has 0 bridgehead atoms. The minimum atomic E-state index is -4.49. The van der Waals surface area contributed by atoms with Gasteiger partial charge in [0.15, 0.2) is 0 Å². The van der Waals surface area contributed by atoms with Gasteiger partial charge in [0, 0.05) is 12.6 Å². The second-order valence-corrected chi connectivity index (χ2v) is 12.7. The van der Waals surface area contributed by atoms with E-state index in [1.807, 2.05) is 0 Å². The Morgan fingerprint density at radius 3 is 2.03 bits per heavy atom. The maximum Gasteiger partial charge on any atom is 0.408 e. The molecule has 1 aliphatic carbocycles. The second-order valence-electron chi connectivity index (χ2n) is 10.9. The van der Waals surface area contributed by atoms with Gasteiger partial charge in [0.1, 0.15) is 17.2 Å². The van der Waals surface area contributed by atoms with Crippen LogP contribution in [0.1, 0.15) is 86.5 Å². The molecule has 12 heteroatoms. The minimum absolute atomic E-state index is 0.349. The predicted molar refractivity (Wildman–Crippen MR) is 127 cm³/mol. The molecule has 1 unspecified atom stereocenters. The van der Waals surface area contributed by atoms with Crippen LogP contribution in [-0.2, 0) is 24.3 Å². The van der Waals surface area contributed by atoms with Crippen LogP contribution >= 0.6 is 0 Å². The van der Waals surface area contributed by atoms with Crippen LogP contribution in [0.15, 0.2) is 4.40 Å². The van der Waals surface area contributed by atoms with Gasteiger partial charge in [-0.2, -0.15) is 17.6 Å². The summed E-state index contributed by atoms with van der Waals surface area (Å²) < 4.78 is 79.2. The summed E-state index contributed by atoms with van der Waals surface area (Å²) >= 11 is 0. The molecule has 1 fully saturated rings. The first-order chi connectivity index (χ1) is 15.8. The van der Waals surface area contributed by atoms with Crippen molar-refractivity contribution >= 4 is 28.3 Å². The largest absolute Gasteiger partial charge is 0.458 e. The number of amides is 1. The molecule has 0 aromatic carbocycles. The molecule has 0 saturated heterocycles. The normalized spacial score (nSPS) is 18.2. The standard InChI is InChI=1S/C23H39F3N2O6S/c1-21(2,3)33-19(29)18(28-20(30)34-22(4,5)6)12-14-27-35(31,32)15-13-17(23(24,25)26)16-10-8-7-9-11-16/h14,16-18H,7-13,15H2,1-6H3,(H,28,30)/t17?,18-/m0/s1. The van der Waals surface area contributed by atoms with Crippen LogP contribution in [0.5, 0.6) is 0 Å². The van der Waals surface area contributed by atoms with E-state index in [1.165, 1.54) is 0 Å². The summed E-state index contributed by atoms with van der Waals surface area (Å²) in [5.74, 6) is -3.88. The molecule has 204 valence electrons. The van der Waals surface area contributed by atoms with Crippen molar-refractivity contribution in [3.05, 3.63) is 0 Å². The molecule has 0 aromatic rings. The first-order valence-corrected chi connectivity index (χ1v) is 13.5. The summed E-state index contributed by atoms with van der Waals surface area (Å²) in [6.45, 7) is 9.76. The fraction of sp³-hybridized carbons (Fsp3) is 0.870. The number of halogens is 3. The summed E-state index contributed by atoms with van der Waals surface area (Å²) in [5, 5.41) is 2.32. The summed E-state index contributed by atoms with van der Waals surface area (Å²) in [7, 11) is -4.22. The monoisotopic (exact) mass is 528 g/mol. The maximum absolute atomic E-state index is 13.6. The van der Waals surface area contributed by atoms with Crippen molar-refractivity contribution in [2.75, 3.05) is 5.75 Å². The molecule has 1 saturated carbocycles. The number of ether oxygens (including phenoxy) is 2. The SMILES string of the molecule is CC(C)(C)OC(=O)N[C@@H](CC=NS(=O)(=O)CCC(C1CCCCC1)C(F)(F)F)C(=O)OC(C)(C)C. The fourth-order valence-corrected chi connectivity index (χ4v) is 4.80. The average molecular weight is 529 g/mol. The van der Waals surface area contributed by atoms with Gasteiger partial charge in [-0.1, -0.05) is 19.3 Å². The molecule has 0 aliphatic heterocycles. The fourth-order valence-electron chi connectivity index (χ4n) is 3.83. The van der Waals surface area contributed by atoms with Gasteiger partial charge >= 0.3 is 18.2 Å². The summed E-state index contributed by atoms with van der Waals surface area (Å²) in [5.41, 5.74) is -1.72. The van der Waals surface area contributed by atoms with Gasteiger partial charge < -0.3 is 14.8 Å². The highest BCUT2D eigenvalue weighted by Crippen LogP contribution is 2.41. The van der Waals surface area contributed by atoms with Crippen LogP contribution in [0.2, 0.25) is 0 Å². The Morgan fingerprint density at radius 1 is 1.00 bits per heavy atom. The molecule has 0 radical (unpaired) electrons. The van der Waals surface area contributed by atoms with Crippen LogP contribution in [0, 0.1) is 11.8 Å². The van der Waals surface area contributed by atoms with Crippen molar-refractivity contribution in [3.63, 3.8) is 0 Å². The summed E-state index contributed by atoms with van der Waals surface area (Å²) in [6, 6.07) is -1.30. The van der Waals surface area contributed by atoms with Crippen molar-refractivity contribution in [2.45, 2.75) is 110 Å². The van der Waals surface area contributed by atoms with E-state index in [0.29, 0.717) is 25.7 Å². The van der Waals surface area contributed by atoms with E-state index in [9.17, 15) is 31.2 Å². The predicted octanol–water partition coefficient (Wildman–Crippen LogP) is 5.16. The van der Waals surface area contributed by atoms with Crippen LogP contribution < -0.4 is 5.32 Å². The zero-order chi connectivity index (χ0) is 27.1. The van der Waals surface area contributed by atoms with Crippen LogP contribution in [-0.4, -0.2) is 55.9 Å². The molecule has 0 aromatic heterocycles. The first-order valence-electron chi connectivity index (χ1n) is 11.8. The highest BCUT2D eigenvalue weighted by Gasteiger charge is 2.44. The molecule has 2 atom stereocenters. The number of alkyl carbamates (subject to hydrolysis) is 1. The van der Waals surface area contributed by atoms with Crippen molar-refractivity contribution < 1.29 is 40.7 Å². The van der Waals surface area contributed by atoms with E-state index in [1.54, 1.807) is 41.5 Å². The minimum Gasteiger partial charge on any atom is -0.458 e. The number of alkyl halides is 3. The topological polar surface area (TPSA) is 111 Å². The van der Waals surface area contributed by atoms with Gasteiger partial charge in [-0.3, -0.25) is 0 Å². The molecule has 0 spiro atoms. The first kappa shape index (κ1) is 31.2. The molecule has 1 aliphatic rings. The third-order valence-corrected chi connectivity index (χ3v) is 6.51. The molecule has 1 N–H and O–H groups in total. The Morgan fingerprint density at radius 2 is 1.54 bits per heavy atom. The number of carbonyl (C=O) groups excluding carboxylic acids is 2. The van der Waals surface area contributed by atoms with E-state index < -0.39 is 69.5 Å². The van der Waals surface area contributed by atoms with E-state index in [4.69, 9.17) is 9.47 Å². The Hall–Kier alpha value is -1.85. The third-order valence-electron chi connectivity index (χ3n) is 5.28. The Labute approximate surface area is 206 Å².